The first-order valence-electron chi connectivity index (χ1n) is 9.85. The molecular formula is C21H32B2O5. The molecule has 0 radical (unpaired) electrons. The van der Waals surface area contributed by atoms with Gasteiger partial charge in [-0.2, -0.15) is 0 Å². The predicted molar refractivity (Wildman–Crippen MR) is 113 cm³/mol. The monoisotopic (exact) mass is 386 g/mol. The summed E-state index contributed by atoms with van der Waals surface area (Å²) in [6.45, 7) is 16.4. The van der Waals surface area contributed by atoms with Crippen molar-refractivity contribution in [3.63, 3.8) is 0 Å². The standard InChI is InChI=1S/C21H32B2O5/c1-18(2)19(3,4)26-22(25-18)14-17(15-10-12-16(24-9)13-11-15)23-27-20(5,6)21(7,8)28-23/h10-14H,1-9H3/b17-14+. The minimum atomic E-state index is -0.516. The first kappa shape index (κ1) is 21.4. The van der Waals surface area contributed by atoms with Crippen LogP contribution in [0.5, 0.6) is 5.75 Å². The normalized spacial score (nSPS) is 25.2. The number of hydrogen-bond donors (Lipinski definition) is 0. The molecule has 0 N–H and O–H groups in total. The molecule has 5 nitrogen and oxygen atoms in total. The maximum atomic E-state index is 6.32. The highest BCUT2D eigenvalue weighted by molar-refractivity contribution is 6.72. The van der Waals surface area contributed by atoms with Gasteiger partial charge >= 0.3 is 14.2 Å². The third-order valence-electron chi connectivity index (χ3n) is 6.52. The van der Waals surface area contributed by atoms with Crippen LogP contribution in [0.15, 0.2) is 30.2 Å². The van der Waals surface area contributed by atoms with E-state index in [2.05, 4.69) is 0 Å². The molecule has 0 aromatic heterocycles. The Hall–Kier alpha value is -1.27. The van der Waals surface area contributed by atoms with Gasteiger partial charge in [-0.25, -0.2) is 0 Å². The summed E-state index contributed by atoms with van der Waals surface area (Å²) in [5.74, 6) is 2.77. The zero-order valence-electron chi connectivity index (χ0n) is 18.6. The molecule has 3 rings (SSSR count). The Kier molecular flexibility index (Phi) is 5.29. The lowest BCUT2D eigenvalue weighted by molar-refractivity contribution is 0.00578. The van der Waals surface area contributed by atoms with Gasteiger partial charge in [0, 0.05) is 0 Å². The van der Waals surface area contributed by atoms with Gasteiger partial charge in [-0.1, -0.05) is 18.1 Å². The highest BCUT2D eigenvalue weighted by Gasteiger charge is 2.54. The maximum absolute atomic E-state index is 6.32. The lowest BCUT2D eigenvalue weighted by Gasteiger charge is -2.32. The highest BCUT2D eigenvalue weighted by Crippen LogP contribution is 2.42. The third-order valence-corrected chi connectivity index (χ3v) is 6.52. The second-order valence-corrected chi connectivity index (χ2v) is 9.56. The van der Waals surface area contributed by atoms with Crippen molar-refractivity contribution in [2.45, 2.75) is 77.8 Å². The van der Waals surface area contributed by atoms with Gasteiger partial charge in [0.25, 0.3) is 0 Å². The number of rotatable bonds is 4. The van der Waals surface area contributed by atoms with Gasteiger partial charge in [0.15, 0.2) is 0 Å². The smallest absolute Gasteiger partial charge is 0.494 e. The van der Waals surface area contributed by atoms with Crippen LogP contribution in [0.2, 0.25) is 0 Å². The molecule has 152 valence electrons. The summed E-state index contributed by atoms with van der Waals surface area (Å²) in [6.07, 6.45) is 0. The van der Waals surface area contributed by atoms with Crippen molar-refractivity contribution in [3.8, 4) is 5.75 Å². The molecule has 0 bridgehead atoms. The van der Waals surface area contributed by atoms with E-state index < -0.39 is 36.6 Å². The van der Waals surface area contributed by atoms with Crippen molar-refractivity contribution in [1.29, 1.82) is 0 Å². The minimum absolute atomic E-state index is 0.408. The fourth-order valence-corrected chi connectivity index (χ4v) is 3.17. The van der Waals surface area contributed by atoms with Crippen LogP contribution in [0.1, 0.15) is 61.0 Å². The van der Waals surface area contributed by atoms with Crippen molar-refractivity contribution in [2.24, 2.45) is 0 Å². The molecule has 2 fully saturated rings. The second-order valence-electron chi connectivity index (χ2n) is 9.56. The summed E-state index contributed by atoms with van der Waals surface area (Å²) in [6, 6.07) is 7.86. The van der Waals surface area contributed by atoms with Gasteiger partial charge in [0.05, 0.1) is 29.5 Å². The Morgan fingerprint density at radius 3 is 1.61 bits per heavy atom. The van der Waals surface area contributed by atoms with Crippen molar-refractivity contribution in [2.75, 3.05) is 7.11 Å². The van der Waals surface area contributed by atoms with E-state index in [1.807, 2.05) is 85.6 Å². The third kappa shape index (κ3) is 3.78. The van der Waals surface area contributed by atoms with Crippen LogP contribution in [0.4, 0.5) is 0 Å². The van der Waals surface area contributed by atoms with E-state index in [0.29, 0.717) is 0 Å². The van der Waals surface area contributed by atoms with Crippen LogP contribution < -0.4 is 4.74 Å². The zero-order chi connectivity index (χ0) is 21.0. The summed E-state index contributed by atoms with van der Waals surface area (Å²) in [4.78, 5) is 0. The molecule has 0 spiro atoms. The molecule has 1 aromatic carbocycles. The SMILES string of the molecule is COc1ccc(/C(=C\B2OC(C)(C)C(C)(C)O2)B2OC(C)(C)C(C)(C)O2)cc1. The van der Waals surface area contributed by atoms with Gasteiger partial charge < -0.3 is 23.4 Å². The molecule has 7 heteroatoms. The molecule has 2 heterocycles. The van der Waals surface area contributed by atoms with E-state index in [0.717, 1.165) is 16.8 Å². The van der Waals surface area contributed by atoms with Crippen LogP contribution in [-0.4, -0.2) is 43.8 Å². The Morgan fingerprint density at radius 1 is 0.750 bits per heavy atom. The summed E-state index contributed by atoms with van der Waals surface area (Å²) in [7, 11) is 0.656. The van der Waals surface area contributed by atoms with Gasteiger partial charge in [0.2, 0.25) is 0 Å². The van der Waals surface area contributed by atoms with Gasteiger partial charge in [-0.05, 0) is 78.6 Å². The number of ether oxygens (including phenoxy) is 1. The summed E-state index contributed by atoms with van der Waals surface area (Å²) < 4.78 is 30.3. The molecule has 2 aliphatic heterocycles. The van der Waals surface area contributed by atoms with Crippen molar-refractivity contribution < 1.29 is 23.4 Å². The average Bonchev–Trinajstić information content (AvgIpc) is 2.91. The van der Waals surface area contributed by atoms with E-state index in [9.17, 15) is 0 Å². The van der Waals surface area contributed by atoms with Crippen LogP contribution in [0.3, 0.4) is 0 Å². The lowest BCUT2D eigenvalue weighted by Crippen LogP contribution is -2.41. The van der Waals surface area contributed by atoms with Crippen LogP contribution in [0, 0.1) is 0 Å². The van der Waals surface area contributed by atoms with E-state index >= 15 is 0 Å². The van der Waals surface area contributed by atoms with Gasteiger partial charge in [-0.3, -0.25) is 0 Å². The summed E-state index contributed by atoms with van der Waals surface area (Å²) >= 11 is 0. The highest BCUT2D eigenvalue weighted by atomic mass is 16.7. The topological polar surface area (TPSA) is 46.2 Å². The Balaban J connectivity index is 1.98. The maximum Gasteiger partial charge on any atom is 0.494 e. The Morgan fingerprint density at radius 2 is 1.18 bits per heavy atom. The van der Waals surface area contributed by atoms with Gasteiger partial charge in [0.1, 0.15) is 5.75 Å². The lowest BCUT2D eigenvalue weighted by atomic mass is 9.68. The Bertz CT molecular complexity index is 721. The zero-order valence-corrected chi connectivity index (χ0v) is 18.6. The van der Waals surface area contributed by atoms with Crippen molar-refractivity contribution in [1.82, 2.24) is 0 Å². The van der Waals surface area contributed by atoms with Gasteiger partial charge in [-0.15, -0.1) is 0 Å². The molecule has 0 atom stereocenters. The van der Waals surface area contributed by atoms with E-state index in [4.69, 9.17) is 23.4 Å². The average molecular weight is 386 g/mol. The van der Waals surface area contributed by atoms with Crippen molar-refractivity contribution in [3.05, 3.63) is 35.8 Å². The van der Waals surface area contributed by atoms with Crippen molar-refractivity contribution >= 4 is 19.7 Å². The molecule has 2 aliphatic rings. The molecule has 0 amide bonds. The molecular weight excluding hydrogens is 354 g/mol. The minimum Gasteiger partial charge on any atom is -0.497 e. The van der Waals surface area contributed by atoms with E-state index in [1.165, 1.54) is 0 Å². The summed E-state index contributed by atoms with van der Waals surface area (Å²) in [5.41, 5.74) is 0.191. The van der Waals surface area contributed by atoms with E-state index in [-0.39, 0.29) is 0 Å². The summed E-state index contributed by atoms with van der Waals surface area (Å²) in [5, 5.41) is 0. The Labute approximate surface area is 170 Å². The first-order valence-corrected chi connectivity index (χ1v) is 9.85. The molecule has 0 aliphatic carbocycles. The van der Waals surface area contributed by atoms with Crippen LogP contribution in [0.25, 0.3) is 5.47 Å². The molecule has 1 aromatic rings. The number of methoxy groups -OCH3 is 1. The largest absolute Gasteiger partial charge is 0.497 e. The predicted octanol–water partition coefficient (Wildman–Crippen LogP) is 4.34. The fourth-order valence-electron chi connectivity index (χ4n) is 3.17. The molecule has 2 saturated heterocycles. The number of benzene rings is 1. The molecule has 28 heavy (non-hydrogen) atoms. The second kappa shape index (κ2) is 6.91. The molecule has 0 saturated carbocycles. The number of hydrogen-bond acceptors (Lipinski definition) is 5. The van der Waals surface area contributed by atoms with E-state index in [1.54, 1.807) is 7.11 Å². The molecule has 0 unspecified atom stereocenters. The van der Waals surface area contributed by atoms with Crippen LogP contribution in [-0.2, 0) is 18.6 Å². The fraction of sp³-hybridized carbons (Fsp3) is 0.619. The first-order chi connectivity index (χ1) is 12.8. The van der Waals surface area contributed by atoms with Crippen LogP contribution >= 0.6 is 0 Å². The quantitative estimate of drug-likeness (QED) is 0.721.